The molecule has 0 aliphatic carbocycles. The van der Waals surface area contributed by atoms with Gasteiger partial charge in [0.05, 0.1) is 10.6 Å². The van der Waals surface area contributed by atoms with E-state index in [1.165, 1.54) is 33.5 Å². The Morgan fingerprint density at radius 2 is 1.73 bits per heavy atom. The van der Waals surface area contributed by atoms with Gasteiger partial charge in [0.25, 0.3) is 11.8 Å². The van der Waals surface area contributed by atoms with Crippen LogP contribution >= 0.6 is 0 Å². The van der Waals surface area contributed by atoms with Gasteiger partial charge >= 0.3 is 0 Å². The van der Waals surface area contributed by atoms with Crippen LogP contribution in [0.15, 0.2) is 47.4 Å². The van der Waals surface area contributed by atoms with E-state index in [0.717, 1.165) is 19.3 Å². The van der Waals surface area contributed by atoms with Crippen molar-refractivity contribution in [3.05, 3.63) is 48.0 Å². The summed E-state index contributed by atoms with van der Waals surface area (Å²) in [5.41, 5.74) is 1.42. The van der Waals surface area contributed by atoms with E-state index in [-0.39, 0.29) is 23.3 Å². The van der Waals surface area contributed by atoms with Gasteiger partial charge in [-0.1, -0.05) is 6.42 Å². The molecular formula is C21H23N3O5S. The third-order valence-electron chi connectivity index (χ3n) is 5.37. The van der Waals surface area contributed by atoms with E-state index < -0.39 is 10.0 Å². The molecule has 2 aliphatic heterocycles. The predicted molar refractivity (Wildman–Crippen MR) is 112 cm³/mol. The number of sulfonamides is 1. The topological polar surface area (TPSA) is 96.0 Å². The van der Waals surface area contributed by atoms with Gasteiger partial charge in [0.1, 0.15) is 5.75 Å². The average molecular weight is 429 g/mol. The number of carbonyl (C=O) groups excluding carboxylic acids is 2. The van der Waals surface area contributed by atoms with Gasteiger partial charge < -0.3 is 15.0 Å². The van der Waals surface area contributed by atoms with Crippen LogP contribution in [-0.2, 0) is 14.8 Å². The number of nitrogens with one attached hydrogen (secondary N) is 1. The van der Waals surface area contributed by atoms with Crippen molar-refractivity contribution < 1.29 is 22.7 Å². The number of hydrogen-bond acceptors (Lipinski definition) is 5. The van der Waals surface area contributed by atoms with Crippen LogP contribution in [0, 0.1) is 0 Å². The molecule has 8 nitrogen and oxygen atoms in total. The number of anilines is 2. The number of fused-ring (bicyclic) bond motifs is 1. The molecule has 158 valence electrons. The Labute approximate surface area is 175 Å². The fourth-order valence-electron chi connectivity index (χ4n) is 3.59. The zero-order valence-electron chi connectivity index (χ0n) is 16.6. The number of ether oxygens (including phenoxy) is 1. The van der Waals surface area contributed by atoms with Crippen molar-refractivity contribution in [2.45, 2.75) is 24.2 Å². The van der Waals surface area contributed by atoms with Crippen LogP contribution in [0.5, 0.6) is 5.75 Å². The van der Waals surface area contributed by atoms with E-state index in [1.807, 2.05) is 0 Å². The van der Waals surface area contributed by atoms with Crippen LogP contribution in [0.3, 0.4) is 0 Å². The highest BCUT2D eigenvalue weighted by Gasteiger charge is 2.26. The number of amides is 2. The third-order valence-corrected chi connectivity index (χ3v) is 7.29. The second-order valence-corrected chi connectivity index (χ2v) is 9.31. The molecule has 1 fully saturated rings. The number of benzene rings is 2. The van der Waals surface area contributed by atoms with Crippen LogP contribution < -0.4 is 15.0 Å². The zero-order chi connectivity index (χ0) is 21.3. The summed E-state index contributed by atoms with van der Waals surface area (Å²) >= 11 is 0. The molecule has 0 spiro atoms. The molecule has 0 bridgehead atoms. The quantitative estimate of drug-likeness (QED) is 0.806. The summed E-state index contributed by atoms with van der Waals surface area (Å²) in [5, 5.41) is 2.77. The summed E-state index contributed by atoms with van der Waals surface area (Å²) in [7, 11) is -1.89. The minimum absolute atomic E-state index is 0.0120. The minimum Gasteiger partial charge on any atom is -0.482 e. The first-order valence-electron chi connectivity index (χ1n) is 9.81. The molecule has 1 saturated heterocycles. The molecule has 2 amide bonds. The Hall–Kier alpha value is -2.91. The molecule has 2 aromatic rings. The summed E-state index contributed by atoms with van der Waals surface area (Å²) in [6, 6.07) is 11.0. The molecule has 0 radical (unpaired) electrons. The lowest BCUT2D eigenvalue weighted by atomic mass is 10.2. The predicted octanol–water partition coefficient (Wildman–Crippen LogP) is 2.47. The molecule has 4 rings (SSSR count). The van der Waals surface area contributed by atoms with Gasteiger partial charge in [-0.25, -0.2) is 8.42 Å². The number of carbonyl (C=O) groups is 2. The van der Waals surface area contributed by atoms with Crippen LogP contribution in [0.4, 0.5) is 11.4 Å². The van der Waals surface area contributed by atoms with Crippen molar-refractivity contribution >= 4 is 33.2 Å². The van der Waals surface area contributed by atoms with Crippen molar-refractivity contribution in [1.29, 1.82) is 0 Å². The molecule has 0 atom stereocenters. The normalized spacial score (nSPS) is 17.2. The summed E-state index contributed by atoms with van der Waals surface area (Å²) < 4.78 is 32.3. The third kappa shape index (κ3) is 3.90. The van der Waals surface area contributed by atoms with E-state index in [0.29, 0.717) is 35.8 Å². The fraction of sp³-hybridized carbons (Fsp3) is 0.333. The molecule has 30 heavy (non-hydrogen) atoms. The lowest BCUT2D eigenvalue weighted by Crippen LogP contribution is -2.35. The standard InChI is InChI=1S/C21H23N3O5S/c1-23-18-13-16(7-10-19(18)29-14-20(23)25)22-21(26)15-5-8-17(9-6-15)30(27,28)24-11-3-2-4-12-24/h5-10,13H,2-4,11-12,14H2,1H3,(H,22,26). The monoisotopic (exact) mass is 429 g/mol. The highest BCUT2D eigenvalue weighted by Crippen LogP contribution is 2.33. The van der Waals surface area contributed by atoms with Crippen molar-refractivity contribution in [2.24, 2.45) is 0 Å². The van der Waals surface area contributed by atoms with Crippen molar-refractivity contribution in [2.75, 3.05) is 37.0 Å². The maximum atomic E-state index is 12.7. The summed E-state index contributed by atoms with van der Waals surface area (Å²) in [4.78, 5) is 26.1. The smallest absolute Gasteiger partial charge is 0.264 e. The Morgan fingerprint density at radius 1 is 1.03 bits per heavy atom. The number of hydrogen-bond donors (Lipinski definition) is 1. The molecule has 2 aliphatic rings. The van der Waals surface area contributed by atoms with Crippen LogP contribution in [0.1, 0.15) is 29.6 Å². The fourth-order valence-corrected chi connectivity index (χ4v) is 5.10. The second kappa shape index (κ2) is 8.08. The number of piperidine rings is 1. The van der Waals surface area contributed by atoms with Crippen LogP contribution in [-0.4, -0.2) is 51.3 Å². The number of nitrogens with zero attached hydrogens (tertiary/aromatic N) is 2. The molecule has 2 heterocycles. The van der Waals surface area contributed by atoms with Gasteiger partial charge in [0, 0.05) is 31.4 Å². The van der Waals surface area contributed by atoms with E-state index in [1.54, 1.807) is 25.2 Å². The Balaban J connectivity index is 1.49. The SMILES string of the molecule is CN1C(=O)COc2ccc(NC(=O)c3ccc(S(=O)(=O)N4CCCCC4)cc3)cc21. The lowest BCUT2D eigenvalue weighted by Gasteiger charge is -2.26. The molecule has 2 aromatic carbocycles. The molecule has 0 unspecified atom stereocenters. The average Bonchev–Trinajstić information content (AvgIpc) is 2.77. The first-order valence-corrected chi connectivity index (χ1v) is 11.3. The maximum Gasteiger partial charge on any atom is 0.264 e. The van der Waals surface area contributed by atoms with Gasteiger partial charge in [-0.05, 0) is 55.3 Å². The molecular weight excluding hydrogens is 406 g/mol. The Bertz CT molecular complexity index is 1080. The Morgan fingerprint density at radius 3 is 2.43 bits per heavy atom. The van der Waals surface area contributed by atoms with E-state index in [4.69, 9.17) is 4.74 Å². The van der Waals surface area contributed by atoms with Gasteiger partial charge in [0.2, 0.25) is 10.0 Å². The summed E-state index contributed by atoms with van der Waals surface area (Å²) in [6.07, 6.45) is 2.78. The molecule has 9 heteroatoms. The maximum absolute atomic E-state index is 12.7. The number of rotatable bonds is 4. The van der Waals surface area contributed by atoms with Gasteiger partial charge in [-0.3, -0.25) is 9.59 Å². The van der Waals surface area contributed by atoms with Crippen LogP contribution in [0.2, 0.25) is 0 Å². The first kappa shape index (κ1) is 20.4. The van der Waals surface area contributed by atoms with E-state index in [2.05, 4.69) is 5.32 Å². The molecule has 0 aromatic heterocycles. The van der Waals surface area contributed by atoms with Gasteiger partial charge in [0.15, 0.2) is 6.61 Å². The van der Waals surface area contributed by atoms with Crippen molar-refractivity contribution in [3.63, 3.8) is 0 Å². The van der Waals surface area contributed by atoms with Crippen molar-refractivity contribution in [3.8, 4) is 5.75 Å². The number of likely N-dealkylation sites (N-methyl/N-ethyl adjacent to an activating group) is 1. The summed E-state index contributed by atoms with van der Waals surface area (Å²) in [6.45, 7) is 1.05. The molecule has 1 N–H and O–H groups in total. The van der Waals surface area contributed by atoms with E-state index >= 15 is 0 Å². The first-order chi connectivity index (χ1) is 14.4. The highest BCUT2D eigenvalue weighted by atomic mass is 32.2. The lowest BCUT2D eigenvalue weighted by molar-refractivity contribution is -0.120. The second-order valence-electron chi connectivity index (χ2n) is 7.37. The molecule has 0 saturated carbocycles. The largest absolute Gasteiger partial charge is 0.482 e. The van der Waals surface area contributed by atoms with Crippen molar-refractivity contribution in [1.82, 2.24) is 4.31 Å². The van der Waals surface area contributed by atoms with Crippen LogP contribution in [0.25, 0.3) is 0 Å². The Kier molecular flexibility index (Phi) is 5.48. The van der Waals surface area contributed by atoms with Gasteiger partial charge in [-0.2, -0.15) is 4.31 Å². The highest BCUT2D eigenvalue weighted by molar-refractivity contribution is 7.89. The minimum atomic E-state index is -3.53. The summed E-state index contributed by atoms with van der Waals surface area (Å²) in [5.74, 6) is 0.0291. The van der Waals surface area contributed by atoms with E-state index in [9.17, 15) is 18.0 Å². The van der Waals surface area contributed by atoms with Gasteiger partial charge in [-0.15, -0.1) is 0 Å². The zero-order valence-corrected chi connectivity index (χ0v) is 17.4.